The number of carbonyl (C=O) groups excluding carboxylic acids is 2. The Hall–Kier alpha value is -2.50. The maximum absolute atomic E-state index is 13.0. The van der Waals surface area contributed by atoms with Crippen molar-refractivity contribution < 1.29 is 15.1 Å². The van der Waals surface area contributed by atoms with Crippen LogP contribution in [0.4, 0.5) is 5.69 Å². The number of benzene rings is 1. The van der Waals surface area contributed by atoms with E-state index in [-0.39, 0.29) is 28.5 Å². The van der Waals surface area contributed by atoms with E-state index < -0.39 is 49.3 Å². The van der Waals surface area contributed by atoms with Crippen LogP contribution < -0.4 is 11.3 Å². The van der Waals surface area contributed by atoms with Crippen molar-refractivity contribution in [2.24, 2.45) is 0 Å². The molecule has 2 unspecified atom stereocenters. The van der Waals surface area contributed by atoms with E-state index in [1.165, 1.54) is 12.1 Å². The van der Waals surface area contributed by atoms with Gasteiger partial charge in [0.05, 0.1) is 26.1 Å². The minimum atomic E-state index is -2.19. The molecule has 0 radical (unpaired) electrons. The molecular weight excluding hydrogens is 270 g/mol. The molecule has 1 saturated carbocycles. The first kappa shape index (κ1) is 9.44. The summed E-state index contributed by atoms with van der Waals surface area (Å²) in [5.74, 6) is -1.60. The van der Waals surface area contributed by atoms with Crippen molar-refractivity contribution in [1.82, 2.24) is 9.55 Å². The molecule has 1 heterocycles. The van der Waals surface area contributed by atoms with Crippen molar-refractivity contribution in [2.45, 2.75) is 32.2 Å². The van der Waals surface area contributed by atoms with E-state index in [1.807, 2.05) is 0 Å². The molecule has 1 aliphatic rings. The molecule has 0 aliphatic heterocycles. The molecule has 2 N–H and O–H groups in total. The lowest BCUT2D eigenvalue weighted by atomic mass is 9.92. The molecule has 1 aromatic heterocycles. The molecule has 1 aliphatic carbocycles. The lowest BCUT2D eigenvalue weighted by Crippen LogP contribution is -2.36. The molecule has 21 heavy (non-hydrogen) atoms. The standard InChI is InChI=1S/C15H15N3O3/c1-8-17-11-4-2-3-10(16)14(11)15(21)18(8)12-6-5-9(19)7-13(12)20/h2-4,12H,5-7,16H2,1H3/i1D,4D,5D,12D. The van der Waals surface area contributed by atoms with Gasteiger partial charge in [-0.2, -0.15) is 0 Å². The predicted octanol–water partition coefficient (Wildman–Crippen LogP) is 1.15. The van der Waals surface area contributed by atoms with Crippen LogP contribution >= 0.6 is 0 Å². The first-order valence-electron chi connectivity index (χ1n) is 8.58. The van der Waals surface area contributed by atoms with Crippen LogP contribution in [-0.2, 0) is 9.59 Å². The molecule has 6 heteroatoms. The number of hydrogen-bond acceptors (Lipinski definition) is 5. The number of carbonyl (C=O) groups is 2. The fourth-order valence-corrected chi connectivity index (χ4v) is 2.37. The molecule has 6 nitrogen and oxygen atoms in total. The number of ketones is 2. The van der Waals surface area contributed by atoms with Crippen molar-refractivity contribution in [3.63, 3.8) is 0 Å². The van der Waals surface area contributed by atoms with Crippen molar-refractivity contribution in [3.8, 4) is 0 Å². The SMILES string of the molecule is [2H]Cc1nc2c([2H])ccc(N)c2c(=O)n1C1([2H])CC([2H])C(=O)CC1=O. The normalized spacial score (nSPS) is 28.9. The summed E-state index contributed by atoms with van der Waals surface area (Å²) in [7, 11) is 0. The van der Waals surface area contributed by atoms with E-state index in [1.54, 1.807) is 0 Å². The average Bonchev–Trinajstić information content (AvgIpc) is 2.55. The third-order valence-corrected chi connectivity index (χ3v) is 3.37. The molecular formula is C15H15N3O3. The Morgan fingerprint density at radius 1 is 1.57 bits per heavy atom. The Morgan fingerprint density at radius 3 is 3.14 bits per heavy atom. The molecule has 0 saturated heterocycles. The minimum absolute atomic E-state index is 0.00569. The zero-order valence-electron chi connectivity index (χ0n) is 15.0. The van der Waals surface area contributed by atoms with Crippen molar-refractivity contribution in [2.75, 3.05) is 5.73 Å². The first-order chi connectivity index (χ1) is 11.7. The first-order valence-corrected chi connectivity index (χ1v) is 6.29. The van der Waals surface area contributed by atoms with Crippen LogP contribution in [0.15, 0.2) is 23.0 Å². The smallest absolute Gasteiger partial charge is 0.264 e. The Morgan fingerprint density at radius 2 is 2.38 bits per heavy atom. The summed E-state index contributed by atoms with van der Waals surface area (Å²) in [5, 5.41) is -0.109. The summed E-state index contributed by atoms with van der Waals surface area (Å²) in [6.07, 6.45) is -2.42. The molecule has 1 aromatic carbocycles. The van der Waals surface area contributed by atoms with Gasteiger partial charge in [-0.3, -0.25) is 19.0 Å². The quantitative estimate of drug-likeness (QED) is 0.627. The average molecular weight is 289 g/mol. The molecule has 3 rings (SSSR count). The Bertz CT molecular complexity index is 975. The maximum atomic E-state index is 13.0. The molecule has 108 valence electrons. The van der Waals surface area contributed by atoms with Crippen LogP contribution in [0.25, 0.3) is 10.9 Å². The number of rotatable bonds is 1. The summed E-state index contributed by atoms with van der Waals surface area (Å²) in [5.41, 5.74) is 5.04. The van der Waals surface area contributed by atoms with Gasteiger partial charge in [0.1, 0.15) is 11.6 Å². The van der Waals surface area contributed by atoms with Crippen LogP contribution in [0.2, 0.25) is 0 Å². The topological polar surface area (TPSA) is 95.0 Å². The second-order valence-corrected chi connectivity index (χ2v) is 4.75. The van der Waals surface area contributed by atoms with Gasteiger partial charge < -0.3 is 5.73 Å². The number of nitrogens with zero attached hydrogens (tertiary/aromatic N) is 2. The lowest BCUT2D eigenvalue weighted by molar-refractivity contribution is -0.132. The molecule has 0 bridgehead atoms. The maximum Gasteiger partial charge on any atom is 0.264 e. The molecule has 0 amide bonds. The number of fused-ring (bicyclic) bond motifs is 1. The highest BCUT2D eigenvalue weighted by atomic mass is 16.2. The minimum Gasteiger partial charge on any atom is -0.398 e. The summed E-state index contributed by atoms with van der Waals surface area (Å²) in [6.45, 7) is -0.510. The van der Waals surface area contributed by atoms with E-state index in [0.29, 0.717) is 0 Å². The molecule has 2 aromatic rings. The highest BCUT2D eigenvalue weighted by Gasteiger charge is 2.30. The largest absolute Gasteiger partial charge is 0.398 e. The summed E-state index contributed by atoms with van der Waals surface area (Å²) in [4.78, 5) is 41.1. The summed E-state index contributed by atoms with van der Waals surface area (Å²) < 4.78 is 32.5. The van der Waals surface area contributed by atoms with Gasteiger partial charge >= 0.3 is 0 Å². The summed E-state index contributed by atoms with van der Waals surface area (Å²) in [6, 6.07) is 0.461. The van der Waals surface area contributed by atoms with Crippen LogP contribution in [-0.4, -0.2) is 21.1 Å². The fraction of sp³-hybridized carbons (Fsp3) is 0.333. The van der Waals surface area contributed by atoms with Gasteiger partial charge in [0.25, 0.3) is 5.56 Å². The third kappa shape index (κ3) is 2.12. The zero-order chi connectivity index (χ0) is 18.5. The van der Waals surface area contributed by atoms with Gasteiger partial charge in [0, 0.05) is 14.8 Å². The van der Waals surface area contributed by atoms with Crippen LogP contribution in [0.5, 0.6) is 0 Å². The lowest BCUT2D eigenvalue weighted by Gasteiger charge is -2.24. The number of Topliss-reactive ketones (excluding diaryl/α,β-unsaturated/α-hetero) is 2. The van der Waals surface area contributed by atoms with E-state index >= 15 is 0 Å². The van der Waals surface area contributed by atoms with Crippen molar-refractivity contribution >= 4 is 28.2 Å². The van der Waals surface area contributed by atoms with E-state index in [4.69, 9.17) is 11.2 Å². The van der Waals surface area contributed by atoms with Crippen LogP contribution in [0.3, 0.4) is 0 Å². The van der Waals surface area contributed by atoms with Gasteiger partial charge in [0.15, 0.2) is 5.78 Å². The van der Waals surface area contributed by atoms with Crippen LogP contribution in [0.1, 0.15) is 36.6 Å². The number of hydrogen-bond donors (Lipinski definition) is 1. The number of anilines is 1. The van der Waals surface area contributed by atoms with Crippen LogP contribution in [0, 0.1) is 6.90 Å². The van der Waals surface area contributed by atoms with E-state index in [2.05, 4.69) is 4.98 Å². The second-order valence-electron chi connectivity index (χ2n) is 4.75. The Kier molecular flexibility index (Phi) is 2.16. The number of nitrogens with two attached hydrogens (primary N) is 1. The molecule has 1 fully saturated rings. The van der Waals surface area contributed by atoms with Gasteiger partial charge in [-0.05, 0) is 25.4 Å². The molecule has 0 spiro atoms. The van der Waals surface area contributed by atoms with Gasteiger partial charge in [-0.25, -0.2) is 4.98 Å². The number of nitrogen functional groups attached to an aromatic ring is 1. The van der Waals surface area contributed by atoms with Gasteiger partial charge in [-0.1, -0.05) is 6.07 Å². The van der Waals surface area contributed by atoms with Crippen molar-refractivity contribution in [3.05, 3.63) is 34.4 Å². The van der Waals surface area contributed by atoms with Gasteiger partial charge in [0.2, 0.25) is 0 Å². The van der Waals surface area contributed by atoms with E-state index in [9.17, 15) is 14.4 Å². The third-order valence-electron chi connectivity index (χ3n) is 3.37. The predicted molar refractivity (Wildman–Crippen MR) is 78.1 cm³/mol. The zero-order valence-corrected chi connectivity index (χ0v) is 11.0. The highest BCUT2D eigenvalue weighted by Crippen LogP contribution is 2.24. The Balaban J connectivity index is 2.38. The monoisotopic (exact) mass is 289 g/mol. The second kappa shape index (κ2) is 4.80. The highest BCUT2D eigenvalue weighted by molar-refractivity contribution is 6.03. The molecule has 2 atom stereocenters. The number of aromatic nitrogens is 2. The van der Waals surface area contributed by atoms with E-state index in [0.717, 1.165) is 4.57 Å². The fourth-order valence-electron chi connectivity index (χ4n) is 2.37. The number of aryl methyl sites for hydroxylation is 1. The van der Waals surface area contributed by atoms with Crippen molar-refractivity contribution in [1.29, 1.82) is 0 Å². The van der Waals surface area contributed by atoms with Gasteiger partial charge in [-0.15, -0.1) is 0 Å². The Labute approximate surface area is 126 Å². The summed E-state index contributed by atoms with van der Waals surface area (Å²) >= 11 is 0.